The van der Waals surface area contributed by atoms with Crippen molar-refractivity contribution in [3.05, 3.63) is 29.8 Å². The minimum absolute atomic E-state index is 0.00806. The summed E-state index contributed by atoms with van der Waals surface area (Å²) in [6.45, 7) is 7.78. The van der Waals surface area contributed by atoms with Gasteiger partial charge in [-0.2, -0.15) is 0 Å². The van der Waals surface area contributed by atoms with E-state index in [1.54, 1.807) is 23.2 Å². The largest absolute Gasteiger partial charge is 0.507 e. The van der Waals surface area contributed by atoms with Gasteiger partial charge >= 0.3 is 0 Å². The Morgan fingerprint density at radius 3 is 2.29 bits per heavy atom. The van der Waals surface area contributed by atoms with Crippen molar-refractivity contribution in [2.45, 2.75) is 39.8 Å². The number of nitrogens with zero attached hydrogens (tertiary/aromatic N) is 1. The highest BCUT2D eigenvalue weighted by Crippen LogP contribution is 2.18. The summed E-state index contributed by atoms with van der Waals surface area (Å²) in [5, 5.41) is 11.2. The maximum absolute atomic E-state index is 12.2. The van der Waals surface area contributed by atoms with Crippen LogP contribution in [0.2, 0.25) is 0 Å². The number of hydrogen-bond donors (Lipinski definition) is 2. The molecule has 94 valence electrons. The molecule has 0 saturated heterocycles. The number of carbonyl (C=O) groups excluding carboxylic acids is 1. The lowest BCUT2D eigenvalue weighted by atomic mass is 10.1. The van der Waals surface area contributed by atoms with Crippen LogP contribution in [0.15, 0.2) is 24.3 Å². The molecular formula is C13H20N2O2. The van der Waals surface area contributed by atoms with E-state index >= 15 is 0 Å². The molecule has 0 unspecified atom stereocenters. The van der Waals surface area contributed by atoms with E-state index in [0.717, 1.165) is 0 Å². The Labute approximate surface area is 102 Å². The van der Waals surface area contributed by atoms with Gasteiger partial charge < -0.3 is 5.11 Å². The second-order valence-corrected chi connectivity index (χ2v) is 4.57. The highest BCUT2D eigenvalue weighted by Gasteiger charge is 2.21. The average Bonchev–Trinajstić information content (AvgIpc) is 2.25. The molecule has 1 amide bonds. The Morgan fingerprint density at radius 1 is 1.24 bits per heavy atom. The summed E-state index contributed by atoms with van der Waals surface area (Å²) in [5.41, 5.74) is 3.39. The molecule has 0 bridgehead atoms. The van der Waals surface area contributed by atoms with Crippen molar-refractivity contribution in [3.63, 3.8) is 0 Å². The fraction of sp³-hybridized carbons (Fsp3) is 0.462. The normalized spacial score (nSPS) is 10.9. The first-order chi connectivity index (χ1) is 7.93. The zero-order valence-electron chi connectivity index (χ0n) is 10.8. The topological polar surface area (TPSA) is 52.6 Å². The van der Waals surface area contributed by atoms with E-state index < -0.39 is 0 Å². The number of hydrazine groups is 1. The fourth-order valence-corrected chi connectivity index (χ4v) is 1.50. The van der Waals surface area contributed by atoms with Crippen molar-refractivity contribution in [2.24, 2.45) is 0 Å². The van der Waals surface area contributed by atoms with E-state index in [1.807, 2.05) is 27.7 Å². The van der Waals surface area contributed by atoms with Gasteiger partial charge in [-0.25, -0.2) is 5.43 Å². The van der Waals surface area contributed by atoms with Crippen LogP contribution in [0.5, 0.6) is 5.75 Å². The van der Waals surface area contributed by atoms with Crippen LogP contribution in [0.25, 0.3) is 0 Å². The molecule has 0 spiro atoms. The lowest BCUT2D eigenvalue weighted by Gasteiger charge is -2.29. The Balaban J connectivity index is 2.96. The van der Waals surface area contributed by atoms with Crippen molar-refractivity contribution in [2.75, 3.05) is 0 Å². The maximum Gasteiger partial charge on any atom is 0.271 e. The van der Waals surface area contributed by atoms with Crippen molar-refractivity contribution < 1.29 is 9.90 Å². The predicted octanol–water partition coefficient (Wildman–Crippen LogP) is 2.16. The SMILES string of the molecule is CC(C)NN(C(=O)c1ccccc1O)C(C)C. The summed E-state index contributed by atoms with van der Waals surface area (Å²) in [6, 6.07) is 6.75. The van der Waals surface area contributed by atoms with Gasteiger partial charge in [-0.15, -0.1) is 0 Å². The molecule has 2 N–H and O–H groups in total. The number of hydrogen-bond acceptors (Lipinski definition) is 3. The number of benzene rings is 1. The zero-order valence-corrected chi connectivity index (χ0v) is 10.8. The number of para-hydroxylation sites is 1. The lowest BCUT2D eigenvalue weighted by molar-refractivity contribution is 0.0547. The van der Waals surface area contributed by atoms with Gasteiger partial charge in [0.05, 0.1) is 5.56 Å². The number of amides is 1. The third-order valence-corrected chi connectivity index (χ3v) is 2.27. The third kappa shape index (κ3) is 3.46. The molecule has 0 aliphatic heterocycles. The maximum atomic E-state index is 12.2. The van der Waals surface area contributed by atoms with Crippen LogP contribution in [0.4, 0.5) is 0 Å². The Bertz CT molecular complexity index is 389. The van der Waals surface area contributed by atoms with Crippen LogP contribution in [0.3, 0.4) is 0 Å². The number of nitrogens with one attached hydrogen (secondary N) is 1. The Hall–Kier alpha value is -1.55. The van der Waals surface area contributed by atoms with E-state index in [-0.39, 0.29) is 23.7 Å². The van der Waals surface area contributed by atoms with Gasteiger partial charge in [0.15, 0.2) is 0 Å². The molecule has 4 nitrogen and oxygen atoms in total. The van der Waals surface area contributed by atoms with Gasteiger partial charge in [-0.3, -0.25) is 9.80 Å². The molecule has 1 rings (SSSR count). The van der Waals surface area contributed by atoms with Crippen LogP contribution in [-0.2, 0) is 0 Å². The van der Waals surface area contributed by atoms with E-state index in [4.69, 9.17) is 0 Å². The van der Waals surface area contributed by atoms with Crippen molar-refractivity contribution in [1.29, 1.82) is 0 Å². The molecule has 0 aromatic heterocycles. The molecule has 0 radical (unpaired) electrons. The summed E-state index contributed by atoms with van der Waals surface area (Å²) in [6.07, 6.45) is 0. The highest BCUT2D eigenvalue weighted by atomic mass is 16.3. The first-order valence-corrected chi connectivity index (χ1v) is 5.81. The number of rotatable bonds is 4. The fourth-order valence-electron chi connectivity index (χ4n) is 1.50. The van der Waals surface area contributed by atoms with E-state index in [9.17, 15) is 9.90 Å². The molecule has 0 atom stereocenters. The summed E-state index contributed by atoms with van der Waals surface area (Å²) >= 11 is 0. The molecule has 0 fully saturated rings. The summed E-state index contributed by atoms with van der Waals surface area (Å²) in [4.78, 5) is 12.2. The van der Waals surface area contributed by atoms with Gasteiger partial charge in [-0.05, 0) is 39.8 Å². The van der Waals surface area contributed by atoms with Gasteiger partial charge in [0, 0.05) is 12.1 Å². The first-order valence-electron chi connectivity index (χ1n) is 5.81. The standard InChI is InChI=1S/C13H20N2O2/c1-9(2)14-15(10(3)4)13(17)11-7-5-6-8-12(11)16/h5-10,14,16H,1-4H3. The van der Waals surface area contributed by atoms with Gasteiger partial charge in [0.1, 0.15) is 5.75 Å². The Morgan fingerprint density at radius 2 is 1.82 bits per heavy atom. The van der Waals surface area contributed by atoms with Crippen molar-refractivity contribution >= 4 is 5.91 Å². The lowest BCUT2D eigenvalue weighted by Crippen LogP contribution is -2.50. The second kappa shape index (κ2) is 5.68. The number of phenols is 1. The predicted molar refractivity (Wildman–Crippen MR) is 67.7 cm³/mol. The van der Waals surface area contributed by atoms with Crippen LogP contribution >= 0.6 is 0 Å². The number of phenolic OH excluding ortho intramolecular Hbond substituents is 1. The molecule has 0 saturated carbocycles. The molecule has 1 aromatic rings. The van der Waals surface area contributed by atoms with E-state index in [1.165, 1.54) is 6.07 Å². The highest BCUT2D eigenvalue weighted by molar-refractivity contribution is 5.96. The summed E-state index contributed by atoms with van der Waals surface area (Å²) < 4.78 is 0. The van der Waals surface area contributed by atoms with E-state index in [2.05, 4.69) is 5.43 Å². The summed E-state index contributed by atoms with van der Waals surface area (Å²) in [7, 11) is 0. The Kier molecular flexibility index (Phi) is 4.52. The minimum Gasteiger partial charge on any atom is -0.507 e. The van der Waals surface area contributed by atoms with Crippen molar-refractivity contribution in [3.8, 4) is 5.75 Å². The quantitative estimate of drug-likeness (QED) is 0.788. The van der Waals surface area contributed by atoms with E-state index in [0.29, 0.717) is 5.56 Å². The van der Waals surface area contributed by atoms with Gasteiger partial charge in [0.25, 0.3) is 5.91 Å². The molecular weight excluding hydrogens is 216 g/mol. The third-order valence-electron chi connectivity index (χ3n) is 2.27. The zero-order chi connectivity index (χ0) is 13.0. The summed E-state index contributed by atoms with van der Waals surface area (Å²) in [5.74, 6) is -0.208. The number of carbonyl (C=O) groups is 1. The second-order valence-electron chi connectivity index (χ2n) is 4.57. The minimum atomic E-state index is -0.216. The average molecular weight is 236 g/mol. The van der Waals surface area contributed by atoms with Crippen LogP contribution in [0.1, 0.15) is 38.1 Å². The monoisotopic (exact) mass is 236 g/mol. The van der Waals surface area contributed by atoms with Gasteiger partial charge in [0.2, 0.25) is 0 Å². The molecule has 0 aliphatic rings. The number of aromatic hydroxyl groups is 1. The van der Waals surface area contributed by atoms with Crippen molar-refractivity contribution in [1.82, 2.24) is 10.4 Å². The molecule has 1 aromatic carbocycles. The smallest absolute Gasteiger partial charge is 0.271 e. The van der Waals surface area contributed by atoms with Gasteiger partial charge in [-0.1, -0.05) is 12.1 Å². The first kappa shape index (κ1) is 13.5. The molecule has 0 heterocycles. The van der Waals surface area contributed by atoms with Crippen LogP contribution < -0.4 is 5.43 Å². The molecule has 4 heteroatoms. The molecule has 17 heavy (non-hydrogen) atoms. The van der Waals surface area contributed by atoms with Crippen LogP contribution in [0, 0.1) is 0 Å². The molecule has 0 aliphatic carbocycles. The van der Waals surface area contributed by atoms with Crippen LogP contribution in [-0.4, -0.2) is 28.1 Å².